The van der Waals surface area contributed by atoms with E-state index in [4.69, 9.17) is 0 Å². The fourth-order valence-corrected chi connectivity index (χ4v) is 2.53. The first-order valence-electron chi connectivity index (χ1n) is 7.23. The molecular weight excluding hydrogens is 282 g/mol. The van der Waals surface area contributed by atoms with Crippen molar-refractivity contribution in [2.75, 3.05) is 26.2 Å². The predicted octanol–water partition coefficient (Wildman–Crippen LogP) is 0.793. The lowest BCUT2D eigenvalue weighted by molar-refractivity contribution is 0.0715. The Bertz CT molecular complexity index is 641. The summed E-state index contributed by atoms with van der Waals surface area (Å²) in [5.41, 5.74) is 0.988. The molecule has 3 rings (SSSR count). The Balaban J connectivity index is 1.65. The Morgan fingerprint density at radius 1 is 1.05 bits per heavy atom. The summed E-state index contributed by atoms with van der Waals surface area (Å²) in [6.45, 7) is 2.29. The molecule has 0 aliphatic carbocycles. The number of aromatic nitrogens is 3. The molecule has 2 aromatic heterocycles. The number of carbonyl (C=O) groups excluding carboxylic acids is 2. The summed E-state index contributed by atoms with van der Waals surface area (Å²) in [6.07, 6.45) is 8.69. The van der Waals surface area contributed by atoms with Gasteiger partial charge < -0.3 is 14.8 Å². The van der Waals surface area contributed by atoms with Crippen LogP contribution >= 0.6 is 0 Å². The minimum absolute atomic E-state index is 0.00458. The van der Waals surface area contributed by atoms with Gasteiger partial charge in [0.2, 0.25) is 0 Å². The van der Waals surface area contributed by atoms with Crippen LogP contribution in [0.5, 0.6) is 0 Å². The van der Waals surface area contributed by atoms with E-state index in [1.807, 2.05) is 0 Å². The van der Waals surface area contributed by atoms with Crippen molar-refractivity contribution in [3.63, 3.8) is 0 Å². The number of H-pyrrole nitrogens is 1. The van der Waals surface area contributed by atoms with Gasteiger partial charge in [0.25, 0.3) is 11.8 Å². The molecule has 1 fully saturated rings. The van der Waals surface area contributed by atoms with E-state index < -0.39 is 0 Å². The quantitative estimate of drug-likeness (QED) is 0.889. The van der Waals surface area contributed by atoms with Crippen molar-refractivity contribution in [2.24, 2.45) is 0 Å². The molecule has 0 radical (unpaired) electrons. The summed E-state index contributed by atoms with van der Waals surface area (Å²) < 4.78 is 0. The van der Waals surface area contributed by atoms with Gasteiger partial charge >= 0.3 is 0 Å². The van der Waals surface area contributed by atoms with Gasteiger partial charge in [-0.3, -0.25) is 14.6 Å². The molecule has 0 spiro atoms. The molecule has 1 N–H and O–H groups in total. The lowest BCUT2D eigenvalue weighted by Gasteiger charge is -2.21. The Morgan fingerprint density at radius 3 is 2.45 bits per heavy atom. The van der Waals surface area contributed by atoms with Crippen LogP contribution in [0.25, 0.3) is 0 Å². The molecular formula is C15H17N5O2. The standard InChI is InChI=1S/C15H17N5O2/c21-14(12-2-3-16-10-12)19-6-1-7-20(9-8-19)15(22)13-11-17-4-5-18-13/h2-5,10-11,16H,1,6-9H2. The minimum Gasteiger partial charge on any atom is -0.367 e. The molecule has 2 aromatic rings. The zero-order valence-corrected chi connectivity index (χ0v) is 12.1. The van der Waals surface area contributed by atoms with Gasteiger partial charge in [0.05, 0.1) is 11.8 Å². The van der Waals surface area contributed by atoms with Gasteiger partial charge in [-0.2, -0.15) is 0 Å². The van der Waals surface area contributed by atoms with Crippen molar-refractivity contribution in [2.45, 2.75) is 6.42 Å². The zero-order valence-electron chi connectivity index (χ0n) is 12.1. The molecule has 0 unspecified atom stereocenters. The third-order valence-electron chi connectivity index (χ3n) is 3.70. The maximum atomic E-state index is 12.4. The van der Waals surface area contributed by atoms with Gasteiger partial charge in [-0.05, 0) is 12.5 Å². The average molecular weight is 299 g/mol. The fraction of sp³-hybridized carbons (Fsp3) is 0.333. The van der Waals surface area contributed by atoms with Crippen molar-refractivity contribution in [1.82, 2.24) is 24.8 Å². The van der Waals surface area contributed by atoms with E-state index in [1.54, 1.807) is 28.3 Å². The molecule has 3 heterocycles. The van der Waals surface area contributed by atoms with Gasteiger partial charge in [-0.1, -0.05) is 0 Å². The predicted molar refractivity (Wildman–Crippen MR) is 79.2 cm³/mol. The van der Waals surface area contributed by atoms with Gasteiger partial charge in [-0.25, -0.2) is 4.98 Å². The van der Waals surface area contributed by atoms with E-state index in [9.17, 15) is 9.59 Å². The number of hydrogen-bond acceptors (Lipinski definition) is 4. The average Bonchev–Trinajstić information content (AvgIpc) is 2.99. The Kier molecular flexibility index (Phi) is 4.13. The smallest absolute Gasteiger partial charge is 0.274 e. The van der Waals surface area contributed by atoms with Crippen LogP contribution in [0.15, 0.2) is 37.1 Å². The van der Waals surface area contributed by atoms with Gasteiger partial charge in [0, 0.05) is 51.0 Å². The maximum absolute atomic E-state index is 12.4. The first-order valence-corrected chi connectivity index (χ1v) is 7.23. The highest BCUT2D eigenvalue weighted by molar-refractivity contribution is 5.94. The number of amides is 2. The first kappa shape index (κ1) is 14.2. The van der Waals surface area contributed by atoms with Crippen LogP contribution < -0.4 is 0 Å². The SMILES string of the molecule is O=C(c1cc[nH]c1)N1CCCN(C(=O)c2cnccn2)CC1. The van der Waals surface area contributed by atoms with Crippen LogP contribution in [-0.2, 0) is 0 Å². The van der Waals surface area contributed by atoms with Crippen LogP contribution in [0.3, 0.4) is 0 Å². The summed E-state index contributed by atoms with van der Waals surface area (Å²) >= 11 is 0. The molecule has 0 atom stereocenters. The van der Waals surface area contributed by atoms with Crippen molar-refractivity contribution in [1.29, 1.82) is 0 Å². The van der Waals surface area contributed by atoms with Crippen LogP contribution in [0.2, 0.25) is 0 Å². The highest BCUT2D eigenvalue weighted by atomic mass is 16.2. The summed E-state index contributed by atoms with van der Waals surface area (Å²) in [6, 6.07) is 1.76. The van der Waals surface area contributed by atoms with Crippen molar-refractivity contribution < 1.29 is 9.59 Å². The van der Waals surface area contributed by atoms with Gasteiger partial charge in [0.1, 0.15) is 5.69 Å². The van der Waals surface area contributed by atoms with Crippen LogP contribution in [-0.4, -0.2) is 62.7 Å². The molecule has 1 saturated heterocycles. The highest BCUT2D eigenvalue weighted by Gasteiger charge is 2.24. The summed E-state index contributed by atoms with van der Waals surface area (Å²) in [4.78, 5) is 39.1. The molecule has 7 nitrogen and oxygen atoms in total. The number of rotatable bonds is 2. The van der Waals surface area contributed by atoms with E-state index in [-0.39, 0.29) is 11.8 Å². The Morgan fingerprint density at radius 2 is 1.82 bits per heavy atom. The van der Waals surface area contributed by atoms with Crippen molar-refractivity contribution >= 4 is 11.8 Å². The number of nitrogens with zero attached hydrogens (tertiary/aromatic N) is 4. The topological polar surface area (TPSA) is 82.2 Å². The number of carbonyl (C=O) groups is 2. The lowest BCUT2D eigenvalue weighted by atomic mass is 10.3. The molecule has 1 aliphatic heterocycles. The Hall–Kier alpha value is -2.70. The second-order valence-corrected chi connectivity index (χ2v) is 5.13. The fourth-order valence-electron chi connectivity index (χ4n) is 2.53. The molecule has 114 valence electrons. The largest absolute Gasteiger partial charge is 0.367 e. The zero-order chi connectivity index (χ0) is 15.4. The molecule has 0 bridgehead atoms. The molecule has 0 saturated carbocycles. The molecule has 2 amide bonds. The molecule has 0 aromatic carbocycles. The van der Waals surface area contributed by atoms with Crippen molar-refractivity contribution in [3.8, 4) is 0 Å². The monoisotopic (exact) mass is 299 g/mol. The second-order valence-electron chi connectivity index (χ2n) is 5.13. The van der Waals surface area contributed by atoms with E-state index in [0.29, 0.717) is 37.4 Å². The molecule has 22 heavy (non-hydrogen) atoms. The van der Waals surface area contributed by atoms with Crippen LogP contribution in [0, 0.1) is 0 Å². The number of hydrogen-bond donors (Lipinski definition) is 1. The molecule has 1 aliphatic rings. The minimum atomic E-state index is -0.135. The second kappa shape index (κ2) is 6.38. The van der Waals surface area contributed by atoms with E-state index >= 15 is 0 Å². The van der Waals surface area contributed by atoms with E-state index in [1.165, 1.54) is 18.6 Å². The van der Waals surface area contributed by atoms with Gasteiger partial charge in [0.15, 0.2) is 0 Å². The van der Waals surface area contributed by atoms with Crippen LogP contribution in [0.4, 0.5) is 0 Å². The van der Waals surface area contributed by atoms with E-state index in [0.717, 1.165) is 6.42 Å². The highest BCUT2D eigenvalue weighted by Crippen LogP contribution is 2.10. The maximum Gasteiger partial charge on any atom is 0.274 e. The van der Waals surface area contributed by atoms with E-state index in [2.05, 4.69) is 15.0 Å². The van der Waals surface area contributed by atoms with Crippen molar-refractivity contribution in [3.05, 3.63) is 48.3 Å². The lowest BCUT2D eigenvalue weighted by Crippen LogP contribution is -2.37. The summed E-state index contributed by atoms with van der Waals surface area (Å²) in [7, 11) is 0. The number of nitrogens with one attached hydrogen (secondary N) is 1. The normalized spacial score (nSPS) is 15.5. The number of aromatic amines is 1. The third-order valence-corrected chi connectivity index (χ3v) is 3.70. The summed E-state index contributed by atoms with van der Waals surface area (Å²) in [5, 5.41) is 0. The first-order chi connectivity index (χ1) is 10.8. The third kappa shape index (κ3) is 2.98. The molecule has 7 heteroatoms. The summed E-state index contributed by atoms with van der Waals surface area (Å²) in [5.74, 6) is -0.140. The van der Waals surface area contributed by atoms with Crippen LogP contribution in [0.1, 0.15) is 27.3 Å². The Labute approximate surface area is 128 Å². The van der Waals surface area contributed by atoms with Gasteiger partial charge in [-0.15, -0.1) is 0 Å².